The molecule has 0 atom stereocenters. The molecule has 0 spiro atoms. The Kier molecular flexibility index (Phi) is 3.21. The molecule has 1 amide bonds. The van der Waals surface area contributed by atoms with E-state index in [1.807, 2.05) is 0 Å². The smallest absolute Gasteiger partial charge is 0.325 e. The number of hydrogen-bond acceptors (Lipinski definition) is 7. The fourth-order valence-corrected chi connectivity index (χ4v) is 0.907. The van der Waals surface area contributed by atoms with Gasteiger partial charge in [-0.25, -0.2) is 4.63 Å². The second-order valence-electron chi connectivity index (χ2n) is 2.65. The van der Waals surface area contributed by atoms with Gasteiger partial charge in [0.15, 0.2) is 0 Å². The van der Waals surface area contributed by atoms with E-state index in [-0.39, 0.29) is 18.2 Å². The van der Waals surface area contributed by atoms with Gasteiger partial charge in [0.2, 0.25) is 17.5 Å². The number of carbonyl (C=O) groups excluding carboxylic acids is 2. The Morgan fingerprint density at radius 3 is 2.60 bits per heavy atom. The first kappa shape index (κ1) is 11.0. The van der Waals surface area contributed by atoms with Gasteiger partial charge in [0, 0.05) is 6.92 Å². The second-order valence-corrected chi connectivity index (χ2v) is 2.65. The summed E-state index contributed by atoms with van der Waals surface area (Å²) in [6.45, 7) is 0.974. The number of carbonyl (C=O) groups is 2. The lowest BCUT2D eigenvalue weighted by Gasteiger charge is -2.15. The van der Waals surface area contributed by atoms with Crippen LogP contribution in [-0.4, -0.2) is 35.8 Å². The Labute approximate surface area is 84.9 Å². The summed E-state index contributed by atoms with van der Waals surface area (Å²) in [5.41, 5.74) is 5.38. The molecular weight excluding hydrogens is 204 g/mol. The van der Waals surface area contributed by atoms with Crippen LogP contribution in [0.25, 0.3) is 0 Å². The van der Waals surface area contributed by atoms with E-state index in [1.165, 1.54) is 14.0 Å². The van der Waals surface area contributed by atoms with Crippen molar-refractivity contribution in [3.8, 4) is 0 Å². The highest BCUT2D eigenvalue weighted by Crippen LogP contribution is 2.17. The van der Waals surface area contributed by atoms with Crippen LogP contribution in [0, 0.1) is 0 Å². The molecule has 2 N–H and O–H groups in total. The molecule has 15 heavy (non-hydrogen) atoms. The van der Waals surface area contributed by atoms with Gasteiger partial charge in [0.05, 0.1) is 7.11 Å². The van der Waals surface area contributed by atoms with Crippen molar-refractivity contribution in [2.45, 2.75) is 6.92 Å². The minimum absolute atomic E-state index is 0.00731. The van der Waals surface area contributed by atoms with Crippen LogP contribution < -0.4 is 10.6 Å². The van der Waals surface area contributed by atoms with Crippen LogP contribution in [0.2, 0.25) is 0 Å². The number of nitrogens with two attached hydrogens (primary N) is 1. The van der Waals surface area contributed by atoms with Crippen molar-refractivity contribution in [1.82, 2.24) is 10.3 Å². The number of nitrogen functional groups attached to an aromatic ring is 1. The Morgan fingerprint density at radius 2 is 2.20 bits per heavy atom. The molecule has 1 aromatic rings. The number of amides is 1. The van der Waals surface area contributed by atoms with Crippen molar-refractivity contribution >= 4 is 23.5 Å². The zero-order valence-corrected chi connectivity index (χ0v) is 8.26. The lowest BCUT2D eigenvalue weighted by atomic mass is 10.4. The van der Waals surface area contributed by atoms with E-state index >= 15 is 0 Å². The number of aromatic nitrogens is 2. The highest BCUT2D eigenvalue weighted by molar-refractivity contribution is 5.97. The predicted octanol–water partition coefficient (Wildman–Crippen LogP) is -0.822. The number of nitrogens with zero attached hydrogens (tertiary/aromatic N) is 3. The first-order chi connectivity index (χ1) is 7.06. The summed E-state index contributed by atoms with van der Waals surface area (Å²) in [6, 6.07) is 0. The third kappa shape index (κ3) is 2.42. The van der Waals surface area contributed by atoms with Crippen LogP contribution in [0.5, 0.6) is 0 Å². The third-order valence-electron chi connectivity index (χ3n) is 1.65. The largest absolute Gasteiger partial charge is 0.468 e. The SMILES string of the molecule is COC(=O)CN(C(C)=O)c1nonc1N. The molecule has 0 unspecified atom stereocenters. The van der Waals surface area contributed by atoms with Crippen LogP contribution in [0.15, 0.2) is 4.63 Å². The number of esters is 1. The average Bonchev–Trinajstić information content (AvgIpc) is 2.60. The highest BCUT2D eigenvalue weighted by atomic mass is 16.6. The summed E-state index contributed by atoms with van der Waals surface area (Å²) in [4.78, 5) is 23.2. The molecule has 0 fully saturated rings. The predicted molar refractivity (Wildman–Crippen MR) is 48.8 cm³/mol. The van der Waals surface area contributed by atoms with Gasteiger partial charge in [-0.15, -0.1) is 0 Å². The van der Waals surface area contributed by atoms with Crippen LogP contribution >= 0.6 is 0 Å². The second kappa shape index (κ2) is 4.40. The number of hydrogen-bond donors (Lipinski definition) is 1. The molecule has 82 valence electrons. The van der Waals surface area contributed by atoms with E-state index < -0.39 is 11.9 Å². The minimum Gasteiger partial charge on any atom is -0.468 e. The molecule has 0 aliphatic carbocycles. The first-order valence-corrected chi connectivity index (χ1v) is 3.99. The third-order valence-corrected chi connectivity index (χ3v) is 1.65. The summed E-state index contributed by atoms with van der Waals surface area (Å²) in [6.07, 6.45) is 0. The average molecular weight is 214 g/mol. The number of rotatable bonds is 3. The summed E-state index contributed by atoms with van der Waals surface area (Å²) >= 11 is 0. The molecule has 8 nitrogen and oxygen atoms in total. The molecule has 0 aliphatic heterocycles. The van der Waals surface area contributed by atoms with Gasteiger partial charge in [-0.3, -0.25) is 14.5 Å². The molecule has 1 heterocycles. The quantitative estimate of drug-likeness (QED) is 0.654. The van der Waals surface area contributed by atoms with Crippen molar-refractivity contribution in [3.05, 3.63) is 0 Å². The Morgan fingerprint density at radius 1 is 1.53 bits per heavy atom. The maximum Gasteiger partial charge on any atom is 0.325 e. The van der Waals surface area contributed by atoms with Crippen molar-refractivity contribution < 1.29 is 19.0 Å². The lowest BCUT2D eigenvalue weighted by Crippen LogP contribution is -2.35. The molecule has 0 saturated heterocycles. The summed E-state index contributed by atoms with van der Waals surface area (Å²) in [5.74, 6) is -1.06. The molecule has 8 heteroatoms. The molecule has 0 radical (unpaired) electrons. The minimum atomic E-state index is -0.590. The standard InChI is InChI=1S/C7H10N4O4/c1-4(12)11(3-5(13)14-2)7-6(8)9-15-10-7/h3H2,1-2H3,(H2,8,9). The van der Waals surface area contributed by atoms with Crippen molar-refractivity contribution in [2.75, 3.05) is 24.3 Å². The molecule has 1 aromatic heterocycles. The Balaban J connectivity index is 2.89. The molecule has 0 saturated carbocycles. The van der Waals surface area contributed by atoms with Crippen molar-refractivity contribution in [2.24, 2.45) is 0 Å². The number of anilines is 2. The van der Waals surface area contributed by atoms with Crippen LogP contribution in [0.3, 0.4) is 0 Å². The Hall–Kier alpha value is -2.12. The van der Waals surface area contributed by atoms with Gasteiger partial charge >= 0.3 is 5.97 Å². The van der Waals surface area contributed by atoms with Gasteiger partial charge < -0.3 is 10.5 Å². The fraction of sp³-hybridized carbons (Fsp3) is 0.429. The zero-order valence-electron chi connectivity index (χ0n) is 8.26. The van der Waals surface area contributed by atoms with E-state index in [0.29, 0.717) is 0 Å². The van der Waals surface area contributed by atoms with Crippen LogP contribution in [0.4, 0.5) is 11.6 Å². The summed E-state index contributed by atoms with van der Waals surface area (Å²) in [7, 11) is 1.21. The van der Waals surface area contributed by atoms with E-state index in [1.54, 1.807) is 0 Å². The summed E-state index contributed by atoms with van der Waals surface area (Å²) < 4.78 is 8.74. The maximum absolute atomic E-state index is 11.2. The van der Waals surface area contributed by atoms with E-state index in [0.717, 1.165) is 4.90 Å². The number of methoxy groups -OCH3 is 1. The van der Waals surface area contributed by atoms with Crippen LogP contribution in [-0.2, 0) is 14.3 Å². The first-order valence-electron chi connectivity index (χ1n) is 3.99. The normalized spacial score (nSPS) is 9.73. The monoisotopic (exact) mass is 214 g/mol. The lowest BCUT2D eigenvalue weighted by molar-refractivity contribution is -0.139. The van der Waals surface area contributed by atoms with Gasteiger partial charge in [0.1, 0.15) is 6.54 Å². The van der Waals surface area contributed by atoms with Crippen LogP contribution in [0.1, 0.15) is 6.92 Å². The van der Waals surface area contributed by atoms with E-state index in [4.69, 9.17) is 5.73 Å². The molecule has 1 rings (SSSR count). The molecule has 0 aliphatic rings. The molecule has 0 aromatic carbocycles. The van der Waals surface area contributed by atoms with Gasteiger partial charge in [0.25, 0.3) is 0 Å². The van der Waals surface area contributed by atoms with Crippen molar-refractivity contribution in [1.29, 1.82) is 0 Å². The van der Waals surface area contributed by atoms with E-state index in [2.05, 4.69) is 19.7 Å². The summed E-state index contributed by atoms with van der Waals surface area (Å²) in [5, 5.41) is 6.71. The highest BCUT2D eigenvalue weighted by Gasteiger charge is 2.22. The molecule has 0 bridgehead atoms. The molecular formula is C7H10N4O4. The Bertz CT molecular complexity index is 375. The van der Waals surface area contributed by atoms with Gasteiger partial charge in [-0.05, 0) is 10.3 Å². The van der Waals surface area contributed by atoms with Crippen molar-refractivity contribution in [3.63, 3.8) is 0 Å². The van der Waals surface area contributed by atoms with Gasteiger partial charge in [-0.2, -0.15) is 0 Å². The zero-order chi connectivity index (χ0) is 11.4. The number of ether oxygens (including phenoxy) is 1. The van der Waals surface area contributed by atoms with E-state index in [9.17, 15) is 9.59 Å². The van der Waals surface area contributed by atoms with Gasteiger partial charge in [-0.1, -0.05) is 0 Å². The fourth-order valence-electron chi connectivity index (χ4n) is 0.907. The maximum atomic E-state index is 11.2. The topological polar surface area (TPSA) is 112 Å².